The van der Waals surface area contributed by atoms with Crippen molar-refractivity contribution < 1.29 is 22.7 Å². The number of halogens is 1. The van der Waals surface area contributed by atoms with Crippen LogP contribution in [-0.2, 0) is 26.0 Å². The van der Waals surface area contributed by atoms with E-state index in [-0.39, 0.29) is 36.3 Å². The number of methoxy groups -OCH3 is 1. The number of carbonyl (C=O) groups excluding carboxylic acids is 1. The Morgan fingerprint density at radius 3 is 2.32 bits per heavy atom. The summed E-state index contributed by atoms with van der Waals surface area (Å²) in [6.07, 6.45) is 0.741. The van der Waals surface area contributed by atoms with Crippen molar-refractivity contribution >= 4 is 39.9 Å². The van der Waals surface area contributed by atoms with Crippen LogP contribution >= 0.6 is 12.4 Å². The highest BCUT2D eigenvalue weighted by atomic mass is 35.5. The first-order valence-corrected chi connectivity index (χ1v) is 12.8. The van der Waals surface area contributed by atoms with Gasteiger partial charge in [0.1, 0.15) is 18.2 Å². The fourth-order valence-corrected chi connectivity index (χ4v) is 4.52. The summed E-state index contributed by atoms with van der Waals surface area (Å²) in [5.74, 6) is -0.150. The van der Waals surface area contributed by atoms with Crippen molar-refractivity contribution in [2.45, 2.75) is 24.3 Å². The SMILES string of the molecule is CCc1ccc(OCCNS(=O)(=O)c2ccccc2)c(C(Nc2ccc(C(=N)N)cc2)C(=O)OC)c1.Cl. The van der Waals surface area contributed by atoms with Crippen molar-refractivity contribution in [2.24, 2.45) is 5.73 Å². The molecule has 0 fully saturated rings. The summed E-state index contributed by atoms with van der Waals surface area (Å²) in [6.45, 7) is 2.08. The Kier molecular flexibility index (Phi) is 10.9. The van der Waals surface area contributed by atoms with E-state index in [1.807, 2.05) is 19.1 Å². The van der Waals surface area contributed by atoms with Gasteiger partial charge in [0.25, 0.3) is 0 Å². The largest absolute Gasteiger partial charge is 0.492 e. The highest BCUT2D eigenvalue weighted by molar-refractivity contribution is 7.89. The number of anilines is 1. The van der Waals surface area contributed by atoms with Gasteiger partial charge in [-0.05, 0) is 60.5 Å². The number of hydrogen-bond acceptors (Lipinski definition) is 7. The molecule has 0 aliphatic carbocycles. The molecule has 0 amide bonds. The van der Waals surface area contributed by atoms with Crippen LogP contribution in [0.3, 0.4) is 0 Å². The molecule has 0 spiro atoms. The van der Waals surface area contributed by atoms with Gasteiger partial charge in [-0.3, -0.25) is 5.41 Å². The van der Waals surface area contributed by atoms with E-state index in [1.54, 1.807) is 48.5 Å². The lowest BCUT2D eigenvalue weighted by Gasteiger charge is -2.22. The fraction of sp³-hybridized carbons (Fsp3) is 0.231. The quantitative estimate of drug-likeness (QED) is 0.117. The summed E-state index contributed by atoms with van der Waals surface area (Å²) in [4.78, 5) is 12.9. The molecule has 1 unspecified atom stereocenters. The van der Waals surface area contributed by atoms with Crippen LogP contribution in [0.1, 0.15) is 29.7 Å². The van der Waals surface area contributed by atoms with Crippen molar-refractivity contribution in [3.8, 4) is 5.75 Å². The third-order valence-corrected chi connectivity index (χ3v) is 6.92. The number of nitrogens with two attached hydrogens (primary N) is 1. The zero-order chi connectivity index (χ0) is 26.1. The van der Waals surface area contributed by atoms with E-state index >= 15 is 0 Å². The molecule has 3 aromatic rings. The fourth-order valence-electron chi connectivity index (χ4n) is 3.49. The molecule has 0 radical (unpaired) electrons. The summed E-state index contributed by atoms with van der Waals surface area (Å²) >= 11 is 0. The predicted molar refractivity (Wildman–Crippen MR) is 146 cm³/mol. The van der Waals surface area contributed by atoms with E-state index in [0.717, 1.165) is 12.0 Å². The van der Waals surface area contributed by atoms with Crippen LogP contribution < -0.4 is 20.5 Å². The molecular formula is C26H31ClN4O5S. The van der Waals surface area contributed by atoms with E-state index < -0.39 is 22.0 Å². The predicted octanol–water partition coefficient (Wildman–Crippen LogP) is 3.64. The number of sulfonamides is 1. The molecule has 0 aliphatic rings. The summed E-state index contributed by atoms with van der Waals surface area (Å²) in [6, 6.07) is 19.5. The van der Waals surface area contributed by atoms with Crippen molar-refractivity contribution in [1.29, 1.82) is 5.41 Å². The van der Waals surface area contributed by atoms with Crippen LogP contribution in [0.2, 0.25) is 0 Å². The van der Waals surface area contributed by atoms with Crippen LogP contribution in [0.4, 0.5) is 5.69 Å². The van der Waals surface area contributed by atoms with Crippen molar-refractivity contribution in [3.63, 3.8) is 0 Å². The Labute approximate surface area is 223 Å². The zero-order valence-electron chi connectivity index (χ0n) is 20.6. The van der Waals surface area contributed by atoms with E-state index in [1.165, 1.54) is 19.2 Å². The maximum absolute atomic E-state index is 12.8. The van der Waals surface area contributed by atoms with Crippen LogP contribution in [0, 0.1) is 5.41 Å². The molecule has 0 saturated carbocycles. The molecule has 0 aromatic heterocycles. The third-order valence-electron chi connectivity index (χ3n) is 5.44. The molecule has 3 aromatic carbocycles. The Morgan fingerprint density at radius 1 is 1.05 bits per heavy atom. The molecule has 0 saturated heterocycles. The first-order chi connectivity index (χ1) is 17.2. The molecule has 5 N–H and O–H groups in total. The lowest BCUT2D eigenvalue weighted by molar-refractivity contribution is -0.141. The van der Waals surface area contributed by atoms with Gasteiger partial charge < -0.3 is 20.5 Å². The van der Waals surface area contributed by atoms with Gasteiger partial charge in [0.05, 0.1) is 12.0 Å². The Balaban J connectivity index is 0.00000481. The molecule has 3 rings (SSSR count). The highest BCUT2D eigenvalue weighted by Gasteiger charge is 2.26. The van der Waals surface area contributed by atoms with Crippen molar-refractivity contribution in [2.75, 3.05) is 25.6 Å². The number of nitrogens with one attached hydrogen (secondary N) is 3. The molecule has 11 heteroatoms. The number of amidine groups is 1. The monoisotopic (exact) mass is 546 g/mol. The molecule has 198 valence electrons. The zero-order valence-corrected chi connectivity index (χ0v) is 22.2. The van der Waals surface area contributed by atoms with E-state index in [0.29, 0.717) is 22.6 Å². The number of aryl methyl sites for hydroxylation is 1. The van der Waals surface area contributed by atoms with Crippen LogP contribution in [0.5, 0.6) is 5.75 Å². The van der Waals surface area contributed by atoms with Gasteiger partial charge in [-0.1, -0.05) is 31.2 Å². The Bertz CT molecular complexity index is 1300. The average Bonchev–Trinajstić information content (AvgIpc) is 2.90. The smallest absolute Gasteiger partial charge is 0.333 e. The van der Waals surface area contributed by atoms with Gasteiger partial charge in [-0.2, -0.15) is 0 Å². The Morgan fingerprint density at radius 2 is 1.73 bits per heavy atom. The van der Waals surface area contributed by atoms with Crippen molar-refractivity contribution in [1.82, 2.24) is 4.72 Å². The standard InChI is InChI=1S/C26H30N4O5S.ClH/c1-3-18-9-14-23(35-16-15-29-36(32,33)21-7-5-4-6-8-21)22(17-18)24(26(31)34-2)30-20-12-10-19(11-13-20)25(27)28;/h4-14,17,24,29-30H,3,15-16H2,1-2H3,(H3,27,28);1H. The summed E-state index contributed by atoms with van der Waals surface area (Å²) in [7, 11) is -2.36. The molecule has 37 heavy (non-hydrogen) atoms. The average molecular weight is 547 g/mol. The minimum absolute atomic E-state index is 0. The maximum atomic E-state index is 12.8. The molecule has 0 aliphatic heterocycles. The number of rotatable bonds is 12. The summed E-state index contributed by atoms with van der Waals surface area (Å²) < 4.78 is 38.4. The minimum atomic E-state index is -3.66. The second-order valence-electron chi connectivity index (χ2n) is 7.88. The van der Waals surface area contributed by atoms with Gasteiger partial charge in [-0.15, -0.1) is 12.4 Å². The van der Waals surface area contributed by atoms with Crippen LogP contribution in [-0.4, -0.2) is 40.5 Å². The lowest BCUT2D eigenvalue weighted by atomic mass is 10.0. The number of ether oxygens (including phenoxy) is 2. The number of carbonyl (C=O) groups is 1. The van der Waals surface area contributed by atoms with Crippen molar-refractivity contribution in [3.05, 3.63) is 89.5 Å². The second kappa shape index (κ2) is 13.6. The summed E-state index contributed by atoms with van der Waals surface area (Å²) in [5.41, 5.74) is 8.26. The molecule has 9 nitrogen and oxygen atoms in total. The van der Waals surface area contributed by atoms with Crippen LogP contribution in [0.25, 0.3) is 0 Å². The van der Waals surface area contributed by atoms with Gasteiger partial charge >= 0.3 is 5.97 Å². The molecule has 0 heterocycles. The van der Waals surface area contributed by atoms with E-state index in [4.69, 9.17) is 20.6 Å². The minimum Gasteiger partial charge on any atom is -0.492 e. The number of nitrogen functional groups attached to an aromatic ring is 1. The maximum Gasteiger partial charge on any atom is 0.333 e. The Hall–Kier alpha value is -3.60. The van der Waals surface area contributed by atoms with E-state index in [2.05, 4.69) is 10.0 Å². The third kappa shape index (κ3) is 7.94. The van der Waals surface area contributed by atoms with Gasteiger partial charge in [0.15, 0.2) is 6.04 Å². The molecule has 1 atom stereocenters. The van der Waals surface area contributed by atoms with Crippen LogP contribution in [0.15, 0.2) is 77.7 Å². The first kappa shape index (κ1) is 29.6. The van der Waals surface area contributed by atoms with Gasteiger partial charge in [0.2, 0.25) is 10.0 Å². The normalized spacial score (nSPS) is 11.6. The number of hydrogen-bond donors (Lipinski definition) is 4. The molecule has 0 bridgehead atoms. The van der Waals surface area contributed by atoms with Gasteiger partial charge in [-0.25, -0.2) is 17.9 Å². The first-order valence-electron chi connectivity index (χ1n) is 11.3. The second-order valence-corrected chi connectivity index (χ2v) is 9.64. The number of benzene rings is 3. The summed E-state index contributed by atoms with van der Waals surface area (Å²) in [5, 5.41) is 10.7. The van der Waals surface area contributed by atoms with E-state index in [9.17, 15) is 13.2 Å². The van der Waals surface area contributed by atoms with Gasteiger partial charge in [0, 0.05) is 23.4 Å². The molecular weight excluding hydrogens is 516 g/mol. The lowest BCUT2D eigenvalue weighted by Crippen LogP contribution is -2.29. The topological polar surface area (TPSA) is 144 Å². The number of esters is 1. The highest BCUT2D eigenvalue weighted by Crippen LogP contribution is 2.31.